The second kappa shape index (κ2) is 6.39. The van der Waals surface area contributed by atoms with Crippen molar-refractivity contribution in [2.24, 2.45) is 10.7 Å². The Morgan fingerprint density at radius 3 is 2.95 bits per heavy atom. The molecule has 0 saturated heterocycles. The summed E-state index contributed by atoms with van der Waals surface area (Å²) >= 11 is 0. The fourth-order valence-electron chi connectivity index (χ4n) is 1.57. The molecule has 0 fully saturated rings. The molecule has 19 heavy (non-hydrogen) atoms. The molecule has 98 valence electrons. The smallest absolute Gasteiger partial charge is 0.189 e. The number of para-hydroxylation sites is 1. The number of nitrogens with zero attached hydrogens (tertiary/aromatic N) is 3. The first-order chi connectivity index (χ1) is 9.29. The standard InChI is InChI=1S/C14H17N5/c1-2-8-16-14(15)17-9-12-10-18-19(11-12)13-6-4-3-5-7-13/h2-7,10-11H,1,8-9H2,(H3,15,16,17). The van der Waals surface area contributed by atoms with E-state index in [0.717, 1.165) is 11.3 Å². The third-order valence-electron chi connectivity index (χ3n) is 2.52. The second-order valence-corrected chi connectivity index (χ2v) is 4.00. The van der Waals surface area contributed by atoms with Gasteiger partial charge in [0.15, 0.2) is 5.96 Å². The molecule has 2 rings (SSSR count). The summed E-state index contributed by atoms with van der Waals surface area (Å²) in [6.07, 6.45) is 5.46. The third kappa shape index (κ3) is 3.70. The number of guanidine groups is 1. The number of nitrogens with two attached hydrogens (primary N) is 1. The van der Waals surface area contributed by atoms with Gasteiger partial charge in [0, 0.05) is 18.3 Å². The Morgan fingerprint density at radius 2 is 2.21 bits per heavy atom. The van der Waals surface area contributed by atoms with Gasteiger partial charge < -0.3 is 11.1 Å². The van der Waals surface area contributed by atoms with Gasteiger partial charge in [0.05, 0.1) is 18.4 Å². The van der Waals surface area contributed by atoms with E-state index in [9.17, 15) is 0 Å². The van der Waals surface area contributed by atoms with Crippen LogP contribution in [-0.2, 0) is 6.54 Å². The van der Waals surface area contributed by atoms with E-state index in [0.29, 0.717) is 19.0 Å². The van der Waals surface area contributed by atoms with Crippen LogP contribution in [0.25, 0.3) is 5.69 Å². The Balaban J connectivity index is 2.00. The Hall–Kier alpha value is -2.56. The molecule has 0 aliphatic carbocycles. The maximum atomic E-state index is 5.69. The quantitative estimate of drug-likeness (QED) is 0.483. The summed E-state index contributed by atoms with van der Waals surface area (Å²) in [4.78, 5) is 4.22. The summed E-state index contributed by atoms with van der Waals surface area (Å²) in [5.74, 6) is 0.410. The van der Waals surface area contributed by atoms with Crippen LogP contribution in [-0.4, -0.2) is 22.3 Å². The average Bonchev–Trinajstić information content (AvgIpc) is 2.93. The van der Waals surface area contributed by atoms with E-state index in [1.54, 1.807) is 12.3 Å². The Labute approximate surface area is 112 Å². The van der Waals surface area contributed by atoms with Crippen molar-refractivity contribution in [3.8, 4) is 5.69 Å². The molecular weight excluding hydrogens is 238 g/mol. The molecule has 0 bridgehead atoms. The van der Waals surface area contributed by atoms with E-state index < -0.39 is 0 Å². The number of aromatic nitrogens is 2. The maximum absolute atomic E-state index is 5.69. The zero-order valence-corrected chi connectivity index (χ0v) is 10.7. The van der Waals surface area contributed by atoms with Gasteiger partial charge in [-0.3, -0.25) is 0 Å². The Bertz CT molecular complexity index is 556. The summed E-state index contributed by atoms with van der Waals surface area (Å²) in [5, 5.41) is 7.22. The molecule has 0 aliphatic rings. The van der Waals surface area contributed by atoms with Crippen molar-refractivity contribution < 1.29 is 0 Å². The van der Waals surface area contributed by atoms with Gasteiger partial charge in [-0.1, -0.05) is 24.3 Å². The first-order valence-electron chi connectivity index (χ1n) is 6.03. The van der Waals surface area contributed by atoms with Crippen molar-refractivity contribution in [1.82, 2.24) is 15.1 Å². The highest BCUT2D eigenvalue weighted by molar-refractivity contribution is 5.77. The number of benzene rings is 1. The Morgan fingerprint density at radius 1 is 1.42 bits per heavy atom. The zero-order chi connectivity index (χ0) is 13.5. The molecule has 1 heterocycles. The highest BCUT2D eigenvalue weighted by Gasteiger charge is 2.00. The largest absolute Gasteiger partial charge is 0.370 e. The topological polar surface area (TPSA) is 68.2 Å². The molecule has 0 spiro atoms. The Kier molecular flexibility index (Phi) is 4.34. The molecule has 5 nitrogen and oxygen atoms in total. The lowest BCUT2D eigenvalue weighted by Crippen LogP contribution is -2.31. The fraction of sp³-hybridized carbons (Fsp3) is 0.143. The van der Waals surface area contributed by atoms with Gasteiger partial charge in [0.25, 0.3) is 0 Å². The molecule has 1 aromatic heterocycles. The minimum Gasteiger partial charge on any atom is -0.370 e. The highest BCUT2D eigenvalue weighted by atomic mass is 15.3. The maximum Gasteiger partial charge on any atom is 0.189 e. The van der Waals surface area contributed by atoms with Crippen molar-refractivity contribution >= 4 is 5.96 Å². The number of rotatable bonds is 5. The monoisotopic (exact) mass is 255 g/mol. The predicted octanol–water partition coefficient (Wildman–Crippen LogP) is 1.46. The van der Waals surface area contributed by atoms with Crippen LogP contribution >= 0.6 is 0 Å². The molecule has 0 amide bonds. The van der Waals surface area contributed by atoms with Crippen molar-refractivity contribution in [3.63, 3.8) is 0 Å². The number of nitrogens with one attached hydrogen (secondary N) is 1. The van der Waals surface area contributed by atoms with E-state index in [1.165, 1.54) is 0 Å². The van der Waals surface area contributed by atoms with Crippen molar-refractivity contribution in [2.75, 3.05) is 6.54 Å². The first-order valence-corrected chi connectivity index (χ1v) is 6.03. The predicted molar refractivity (Wildman–Crippen MR) is 77.1 cm³/mol. The normalized spacial score (nSPS) is 11.3. The minimum atomic E-state index is 0.410. The van der Waals surface area contributed by atoms with Gasteiger partial charge in [0.2, 0.25) is 0 Å². The lowest BCUT2D eigenvalue weighted by Gasteiger charge is -2.01. The third-order valence-corrected chi connectivity index (χ3v) is 2.52. The molecule has 0 saturated carbocycles. The lowest BCUT2D eigenvalue weighted by atomic mass is 10.3. The molecule has 0 radical (unpaired) electrons. The van der Waals surface area contributed by atoms with Crippen molar-refractivity contribution in [2.45, 2.75) is 6.54 Å². The van der Waals surface area contributed by atoms with Gasteiger partial charge in [-0.25, -0.2) is 9.67 Å². The molecular formula is C14H17N5. The van der Waals surface area contributed by atoms with Gasteiger partial charge in [-0.05, 0) is 12.1 Å². The van der Waals surface area contributed by atoms with Crippen molar-refractivity contribution in [1.29, 1.82) is 0 Å². The summed E-state index contributed by atoms with van der Waals surface area (Å²) < 4.78 is 1.82. The summed E-state index contributed by atoms with van der Waals surface area (Å²) in [6, 6.07) is 9.93. The summed E-state index contributed by atoms with van der Waals surface area (Å²) in [6.45, 7) is 4.71. The molecule has 3 N–H and O–H groups in total. The van der Waals surface area contributed by atoms with Crippen LogP contribution in [0.4, 0.5) is 0 Å². The summed E-state index contributed by atoms with van der Waals surface area (Å²) in [7, 11) is 0. The van der Waals surface area contributed by atoms with Crippen molar-refractivity contribution in [3.05, 3.63) is 60.9 Å². The van der Waals surface area contributed by atoms with Gasteiger partial charge in [-0.15, -0.1) is 6.58 Å². The van der Waals surface area contributed by atoms with Crippen LogP contribution in [0, 0.1) is 0 Å². The first kappa shape index (κ1) is 12.9. The van der Waals surface area contributed by atoms with Crippen LogP contribution in [0.15, 0.2) is 60.4 Å². The van der Waals surface area contributed by atoms with Gasteiger partial charge in [0.1, 0.15) is 0 Å². The number of hydrogen-bond acceptors (Lipinski definition) is 2. The number of hydrogen-bond donors (Lipinski definition) is 2. The molecule has 0 aliphatic heterocycles. The van der Waals surface area contributed by atoms with Crippen LogP contribution in [0.5, 0.6) is 0 Å². The fourth-order valence-corrected chi connectivity index (χ4v) is 1.57. The molecule has 1 aromatic carbocycles. The van der Waals surface area contributed by atoms with E-state index in [4.69, 9.17) is 5.73 Å². The molecule has 5 heteroatoms. The van der Waals surface area contributed by atoms with E-state index in [-0.39, 0.29) is 0 Å². The summed E-state index contributed by atoms with van der Waals surface area (Å²) in [5.41, 5.74) is 7.72. The van der Waals surface area contributed by atoms with E-state index >= 15 is 0 Å². The SMILES string of the molecule is C=CCNC(N)=NCc1cnn(-c2ccccc2)c1. The lowest BCUT2D eigenvalue weighted by molar-refractivity contribution is 0.879. The second-order valence-electron chi connectivity index (χ2n) is 4.00. The zero-order valence-electron chi connectivity index (χ0n) is 10.7. The molecule has 0 atom stereocenters. The van der Waals surface area contributed by atoms with E-state index in [2.05, 4.69) is 22.0 Å². The van der Waals surface area contributed by atoms with Gasteiger partial charge >= 0.3 is 0 Å². The van der Waals surface area contributed by atoms with Crippen LogP contribution in [0.2, 0.25) is 0 Å². The minimum absolute atomic E-state index is 0.410. The number of aliphatic imine (C=N–C) groups is 1. The molecule has 2 aromatic rings. The molecule has 0 unspecified atom stereocenters. The average molecular weight is 255 g/mol. The highest BCUT2D eigenvalue weighted by Crippen LogP contribution is 2.08. The van der Waals surface area contributed by atoms with Gasteiger partial charge in [-0.2, -0.15) is 5.10 Å². The van der Waals surface area contributed by atoms with Crippen LogP contribution in [0.3, 0.4) is 0 Å². The van der Waals surface area contributed by atoms with Crippen LogP contribution in [0.1, 0.15) is 5.56 Å². The van der Waals surface area contributed by atoms with E-state index in [1.807, 2.05) is 41.2 Å². The van der Waals surface area contributed by atoms with Crippen LogP contribution < -0.4 is 11.1 Å².